The molecule has 10 heteroatoms. The Bertz CT molecular complexity index is 1360. The van der Waals surface area contributed by atoms with Crippen LogP contribution in [-0.2, 0) is 14.3 Å². The molecule has 2 aliphatic rings. The highest BCUT2D eigenvalue weighted by atomic mass is 35.5. The summed E-state index contributed by atoms with van der Waals surface area (Å²) in [6, 6.07) is 18.8. The Morgan fingerprint density at radius 3 is 2.49 bits per heavy atom. The lowest BCUT2D eigenvalue weighted by Gasteiger charge is -2.37. The summed E-state index contributed by atoms with van der Waals surface area (Å²) in [6.07, 6.45) is 0. The van der Waals surface area contributed by atoms with Crippen molar-refractivity contribution in [2.24, 2.45) is 0 Å². The van der Waals surface area contributed by atoms with Crippen LogP contribution < -0.4 is 15.4 Å². The van der Waals surface area contributed by atoms with Crippen molar-refractivity contribution in [1.82, 2.24) is 9.80 Å². The molecule has 39 heavy (non-hydrogen) atoms. The summed E-state index contributed by atoms with van der Waals surface area (Å²) in [5.74, 6) is -0.114. The van der Waals surface area contributed by atoms with Crippen molar-refractivity contribution in [2.45, 2.75) is 6.04 Å². The van der Waals surface area contributed by atoms with E-state index >= 15 is 0 Å². The molecule has 3 aromatic rings. The van der Waals surface area contributed by atoms with Crippen molar-refractivity contribution in [2.75, 3.05) is 63.7 Å². The summed E-state index contributed by atoms with van der Waals surface area (Å²) in [5.41, 5.74) is 10.1. The van der Waals surface area contributed by atoms with Crippen LogP contribution in [0.25, 0.3) is 11.1 Å². The van der Waals surface area contributed by atoms with Crippen LogP contribution >= 0.6 is 23.2 Å². The molecule has 2 N–H and O–H groups in total. The number of fused-ring (bicyclic) bond motifs is 1. The lowest BCUT2D eigenvalue weighted by molar-refractivity contribution is -0.133. The zero-order valence-electron chi connectivity index (χ0n) is 21.6. The first-order chi connectivity index (χ1) is 18.8. The van der Waals surface area contributed by atoms with Crippen molar-refractivity contribution in [3.05, 3.63) is 76.3 Å². The van der Waals surface area contributed by atoms with Crippen LogP contribution in [0.1, 0.15) is 11.6 Å². The van der Waals surface area contributed by atoms with E-state index in [0.29, 0.717) is 41.9 Å². The van der Waals surface area contributed by atoms with E-state index in [0.717, 1.165) is 29.8 Å². The third-order valence-electron chi connectivity index (χ3n) is 7.15. The summed E-state index contributed by atoms with van der Waals surface area (Å²) in [4.78, 5) is 32.0. The van der Waals surface area contributed by atoms with Gasteiger partial charge in [0.15, 0.2) is 6.61 Å². The first-order valence-corrected chi connectivity index (χ1v) is 13.5. The minimum Gasteiger partial charge on any atom is -0.482 e. The molecule has 8 nitrogen and oxygen atoms in total. The summed E-state index contributed by atoms with van der Waals surface area (Å²) in [7, 11) is 1.78. The van der Waals surface area contributed by atoms with Gasteiger partial charge in [-0.2, -0.15) is 0 Å². The fourth-order valence-corrected chi connectivity index (χ4v) is 5.18. The minimum absolute atomic E-state index is 0.152. The number of hydrogen-bond acceptors (Lipinski definition) is 6. The van der Waals surface area contributed by atoms with Crippen LogP contribution in [0, 0.1) is 0 Å². The summed E-state index contributed by atoms with van der Waals surface area (Å²) in [6.45, 7) is 3.17. The quantitative estimate of drug-likeness (QED) is 0.422. The van der Waals surface area contributed by atoms with Gasteiger partial charge >= 0.3 is 0 Å². The van der Waals surface area contributed by atoms with Gasteiger partial charge in [-0.25, -0.2) is 0 Å². The largest absolute Gasteiger partial charge is 0.482 e. The number of nitrogens with two attached hydrogens (primary N) is 1. The molecule has 1 saturated heterocycles. The number of amides is 2. The second kappa shape index (κ2) is 11.8. The molecule has 1 fully saturated rings. The molecule has 2 aliphatic heterocycles. The van der Waals surface area contributed by atoms with Crippen molar-refractivity contribution in [1.29, 1.82) is 0 Å². The maximum atomic E-state index is 13.7. The molecule has 204 valence electrons. The molecule has 2 amide bonds. The lowest BCUT2D eigenvalue weighted by atomic mass is 9.98. The van der Waals surface area contributed by atoms with E-state index in [1.807, 2.05) is 42.5 Å². The number of hydrogen-bond donors (Lipinski definition) is 1. The van der Waals surface area contributed by atoms with E-state index in [1.165, 1.54) is 4.90 Å². The van der Waals surface area contributed by atoms with E-state index in [-0.39, 0.29) is 36.0 Å². The second-order valence-electron chi connectivity index (χ2n) is 9.68. The van der Waals surface area contributed by atoms with E-state index in [2.05, 4.69) is 11.0 Å². The highest BCUT2D eigenvalue weighted by Crippen LogP contribution is 2.39. The number of carbonyl (C=O) groups is 2. The minimum atomic E-state index is -0.322. The molecule has 2 heterocycles. The van der Waals surface area contributed by atoms with Crippen LogP contribution in [0.5, 0.6) is 5.75 Å². The number of morpholine rings is 1. The van der Waals surface area contributed by atoms with Gasteiger partial charge in [-0.3, -0.25) is 19.4 Å². The van der Waals surface area contributed by atoms with Gasteiger partial charge in [0.2, 0.25) is 5.91 Å². The van der Waals surface area contributed by atoms with Gasteiger partial charge < -0.3 is 20.1 Å². The number of carbonyl (C=O) groups excluding carboxylic acids is 2. The number of anilines is 2. The molecule has 3 aromatic carbocycles. The van der Waals surface area contributed by atoms with Gasteiger partial charge in [0.1, 0.15) is 12.3 Å². The number of likely N-dealkylation sites (N-methyl/N-ethyl adjacent to an activating group) is 1. The molecule has 5 rings (SSSR count). The van der Waals surface area contributed by atoms with Crippen molar-refractivity contribution < 1.29 is 19.1 Å². The molecular weight excluding hydrogens is 539 g/mol. The molecule has 0 bridgehead atoms. The van der Waals surface area contributed by atoms with Crippen molar-refractivity contribution in [3.63, 3.8) is 0 Å². The van der Waals surface area contributed by atoms with E-state index in [4.69, 9.17) is 38.4 Å². The number of nitrogen functional groups attached to an aromatic ring is 1. The van der Waals surface area contributed by atoms with Crippen molar-refractivity contribution in [3.8, 4) is 16.9 Å². The Labute approximate surface area is 237 Å². The Balaban J connectivity index is 1.43. The van der Waals surface area contributed by atoms with Gasteiger partial charge in [0.05, 0.1) is 35.0 Å². The third kappa shape index (κ3) is 6.15. The number of nitrogens with zero attached hydrogens (tertiary/aromatic N) is 3. The van der Waals surface area contributed by atoms with Gasteiger partial charge in [0.25, 0.3) is 5.91 Å². The average Bonchev–Trinajstić information content (AvgIpc) is 2.95. The smallest absolute Gasteiger partial charge is 0.265 e. The second-order valence-corrected chi connectivity index (χ2v) is 10.5. The Morgan fingerprint density at radius 2 is 1.74 bits per heavy atom. The summed E-state index contributed by atoms with van der Waals surface area (Å²) < 4.78 is 11.1. The molecule has 0 aliphatic carbocycles. The molecule has 1 unspecified atom stereocenters. The topological polar surface area (TPSA) is 88.3 Å². The van der Waals surface area contributed by atoms with Crippen LogP contribution in [0.2, 0.25) is 10.0 Å². The number of benzene rings is 3. The van der Waals surface area contributed by atoms with Gasteiger partial charge in [-0.15, -0.1) is 0 Å². The van der Waals surface area contributed by atoms with Gasteiger partial charge in [0, 0.05) is 38.4 Å². The zero-order chi connectivity index (χ0) is 27.5. The molecule has 0 saturated carbocycles. The van der Waals surface area contributed by atoms with Crippen LogP contribution in [-0.4, -0.2) is 74.7 Å². The molecular formula is C29H30Cl2N4O4. The third-order valence-corrected chi connectivity index (χ3v) is 7.87. The SMILES string of the molecule is CN(C(=O)CN1C(=O)COc2cc(Cl)c(Cl)cc21)C(CN1CCOCC1)c1cccc(-c2ccc(N)cc2)c1. The van der Waals surface area contributed by atoms with Crippen LogP contribution in [0.3, 0.4) is 0 Å². The van der Waals surface area contributed by atoms with E-state index in [9.17, 15) is 9.59 Å². The van der Waals surface area contributed by atoms with E-state index < -0.39 is 0 Å². The maximum Gasteiger partial charge on any atom is 0.265 e. The van der Waals surface area contributed by atoms with Crippen molar-refractivity contribution >= 4 is 46.4 Å². The molecule has 0 spiro atoms. The highest BCUT2D eigenvalue weighted by molar-refractivity contribution is 6.42. The summed E-state index contributed by atoms with van der Waals surface area (Å²) >= 11 is 12.4. The van der Waals surface area contributed by atoms with E-state index in [1.54, 1.807) is 24.1 Å². The predicted molar refractivity (Wildman–Crippen MR) is 153 cm³/mol. The number of ether oxygens (including phenoxy) is 2. The Hall–Kier alpha value is -3.30. The standard InChI is InChI=1S/C29H30Cl2N4O4/c1-33(28(36)17-35-25-14-23(30)24(31)15-27(25)39-18-29(35)37)26(16-34-9-11-38-12-10-34)21-4-2-3-20(13-21)19-5-7-22(32)8-6-19/h2-8,13-15,26H,9-12,16-18,32H2,1H3. The molecule has 0 aromatic heterocycles. The van der Waals surface area contributed by atoms with Crippen LogP contribution in [0.4, 0.5) is 11.4 Å². The lowest BCUT2D eigenvalue weighted by Crippen LogP contribution is -2.48. The van der Waals surface area contributed by atoms with Crippen LogP contribution in [0.15, 0.2) is 60.7 Å². The van der Waals surface area contributed by atoms with Gasteiger partial charge in [-0.1, -0.05) is 53.5 Å². The average molecular weight is 569 g/mol. The summed E-state index contributed by atoms with van der Waals surface area (Å²) in [5, 5.41) is 0.601. The zero-order valence-corrected chi connectivity index (χ0v) is 23.1. The van der Waals surface area contributed by atoms with Gasteiger partial charge in [-0.05, 0) is 41.0 Å². The molecule has 1 atom stereocenters. The fraction of sp³-hybridized carbons (Fsp3) is 0.310. The normalized spacial score (nSPS) is 16.4. The Kier molecular flexibility index (Phi) is 8.28. The first kappa shape index (κ1) is 27.3. The Morgan fingerprint density at radius 1 is 1.03 bits per heavy atom. The first-order valence-electron chi connectivity index (χ1n) is 12.7. The molecule has 0 radical (unpaired) electrons. The number of rotatable bonds is 7. The monoisotopic (exact) mass is 568 g/mol. The highest BCUT2D eigenvalue weighted by Gasteiger charge is 2.32. The maximum absolute atomic E-state index is 13.7. The number of halogens is 2. The fourth-order valence-electron chi connectivity index (χ4n) is 4.87. The predicted octanol–water partition coefficient (Wildman–Crippen LogP) is 4.50.